The Bertz CT molecular complexity index is 2220. The molecule has 0 fully saturated rings. The number of esters is 4. The summed E-state index contributed by atoms with van der Waals surface area (Å²) in [4.78, 5) is 49.7. The minimum Gasteiger partial charge on any atom is -0.423 e. The lowest BCUT2D eigenvalue weighted by Gasteiger charge is -2.26. The number of hydrogen-bond donors (Lipinski definition) is 0. The van der Waals surface area contributed by atoms with E-state index in [1.165, 1.54) is 0 Å². The number of benzene rings is 5. The third-order valence-corrected chi connectivity index (χ3v) is 8.87. The first-order valence-corrected chi connectivity index (χ1v) is 17.3. The van der Waals surface area contributed by atoms with E-state index in [9.17, 15) is 19.2 Å². The molecule has 0 bridgehead atoms. The molecule has 0 saturated carbocycles. The van der Waals surface area contributed by atoms with Crippen LogP contribution in [0.5, 0.6) is 23.0 Å². The van der Waals surface area contributed by atoms with Gasteiger partial charge in [0.05, 0.1) is 0 Å². The van der Waals surface area contributed by atoms with Crippen LogP contribution in [0.1, 0.15) is 44.9 Å². The number of rotatable bonds is 13. The van der Waals surface area contributed by atoms with E-state index in [1.807, 2.05) is 107 Å². The SMILES string of the molecule is C=CC(=O)Oc1ccc(-c2cc(C)c(OC(=O)C=C)c(C(c3ccccc3)c3cc(-c4ccc(OC(=O)C=C)c(C)c4)cc(C)c3OC(=O)C=C)c2)cc1C. The summed E-state index contributed by atoms with van der Waals surface area (Å²) in [6.07, 6.45) is 4.40. The minimum atomic E-state index is -0.665. The Hall–Kier alpha value is -7.06. The Morgan fingerprint density at radius 1 is 0.455 bits per heavy atom. The molecule has 0 atom stereocenters. The molecule has 0 unspecified atom stereocenters. The molecular formula is C47H40O8. The molecule has 0 radical (unpaired) electrons. The van der Waals surface area contributed by atoms with E-state index in [0.717, 1.165) is 63.2 Å². The van der Waals surface area contributed by atoms with Crippen LogP contribution in [0, 0.1) is 27.7 Å². The second-order valence-corrected chi connectivity index (χ2v) is 12.7. The van der Waals surface area contributed by atoms with Crippen molar-refractivity contribution in [3.63, 3.8) is 0 Å². The molecule has 0 heterocycles. The first kappa shape index (κ1) is 39.2. The van der Waals surface area contributed by atoms with Crippen LogP contribution >= 0.6 is 0 Å². The molecule has 5 aromatic carbocycles. The number of hydrogen-bond acceptors (Lipinski definition) is 8. The minimum absolute atomic E-state index is 0.309. The van der Waals surface area contributed by atoms with Gasteiger partial charge in [0.15, 0.2) is 0 Å². The molecule has 5 rings (SSSR count). The van der Waals surface area contributed by atoms with Crippen LogP contribution in [0.2, 0.25) is 0 Å². The van der Waals surface area contributed by atoms with Gasteiger partial charge in [-0.15, -0.1) is 0 Å². The van der Waals surface area contributed by atoms with Gasteiger partial charge in [0, 0.05) is 41.3 Å². The Morgan fingerprint density at radius 2 is 0.818 bits per heavy atom. The fourth-order valence-corrected chi connectivity index (χ4v) is 6.29. The largest absolute Gasteiger partial charge is 0.423 e. The van der Waals surface area contributed by atoms with E-state index in [-0.39, 0.29) is 0 Å². The highest BCUT2D eigenvalue weighted by Gasteiger charge is 2.29. The van der Waals surface area contributed by atoms with E-state index in [4.69, 9.17) is 18.9 Å². The van der Waals surface area contributed by atoms with Crippen LogP contribution in [0.25, 0.3) is 22.3 Å². The zero-order valence-electron chi connectivity index (χ0n) is 31.1. The molecule has 0 aliphatic rings. The maximum atomic E-state index is 12.9. The second kappa shape index (κ2) is 17.2. The zero-order valence-corrected chi connectivity index (χ0v) is 31.1. The molecule has 0 aliphatic carbocycles. The molecule has 0 amide bonds. The van der Waals surface area contributed by atoms with Gasteiger partial charge in [-0.1, -0.05) is 68.8 Å². The van der Waals surface area contributed by atoms with Gasteiger partial charge in [0.2, 0.25) is 0 Å². The Labute approximate surface area is 320 Å². The summed E-state index contributed by atoms with van der Waals surface area (Å²) in [5, 5.41) is 0. The molecule has 5 aromatic rings. The van der Waals surface area contributed by atoms with Crippen molar-refractivity contribution in [1.29, 1.82) is 0 Å². The summed E-state index contributed by atoms with van der Waals surface area (Å²) in [5.74, 6) is -1.69. The normalized spacial score (nSPS) is 10.6. The molecule has 0 aromatic heterocycles. The Kier molecular flexibility index (Phi) is 12.2. The Balaban J connectivity index is 1.82. The average molecular weight is 733 g/mol. The second-order valence-electron chi connectivity index (χ2n) is 12.7. The van der Waals surface area contributed by atoms with Crippen LogP contribution < -0.4 is 18.9 Å². The van der Waals surface area contributed by atoms with Crippen molar-refractivity contribution in [3.8, 4) is 45.3 Å². The van der Waals surface area contributed by atoms with Crippen molar-refractivity contribution in [2.45, 2.75) is 33.6 Å². The average Bonchev–Trinajstić information content (AvgIpc) is 3.18. The Morgan fingerprint density at radius 3 is 1.18 bits per heavy atom. The lowest BCUT2D eigenvalue weighted by atomic mass is 9.80. The van der Waals surface area contributed by atoms with Crippen molar-refractivity contribution in [2.75, 3.05) is 0 Å². The summed E-state index contributed by atoms with van der Waals surface area (Å²) >= 11 is 0. The monoisotopic (exact) mass is 732 g/mol. The van der Waals surface area contributed by atoms with Gasteiger partial charge >= 0.3 is 23.9 Å². The van der Waals surface area contributed by atoms with Crippen LogP contribution in [-0.4, -0.2) is 23.9 Å². The summed E-state index contributed by atoms with van der Waals surface area (Å²) in [5.41, 5.74) is 7.96. The quantitative estimate of drug-likeness (QED) is 0.0510. The first-order chi connectivity index (χ1) is 26.4. The molecule has 0 aliphatic heterocycles. The van der Waals surface area contributed by atoms with Gasteiger partial charge in [0.1, 0.15) is 23.0 Å². The van der Waals surface area contributed by atoms with Crippen molar-refractivity contribution < 1.29 is 38.1 Å². The molecule has 55 heavy (non-hydrogen) atoms. The van der Waals surface area contributed by atoms with Gasteiger partial charge in [-0.25, -0.2) is 19.2 Å². The standard InChI is InChI=1S/C47H40O8/c1-9-41(48)52-39-20-18-33(22-28(39)5)35-24-30(7)46(54-43(50)11-3)37(26-35)45(32-16-14-13-15-17-32)38-27-36(25-31(8)47(38)55-44(51)12-4)34-19-21-40(29(6)23-34)53-42(49)10-2/h9-27,45H,1-4H2,5-8H3. The predicted octanol–water partition coefficient (Wildman–Crippen LogP) is 9.80. The smallest absolute Gasteiger partial charge is 0.335 e. The predicted molar refractivity (Wildman–Crippen MR) is 213 cm³/mol. The van der Waals surface area contributed by atoms with Gasteiger partial charge in [-0.3, -0.25) is 0 Å². The lowest BCUT2D eigenvalue weighted by molar-refractivity contribution is -0.130. The van der Waals surface area contributed by atoms with E-state index in [0.29, 0.717) is 45.3 Å². The third-order valence-electron chi connectivity index (χ3n) is 8.87. The van der Waals surface area contributed by atoms with Crippen molar-refractivity contribution in [1.82, 2.24) is 0 Å². The third kappa shape index (κ3) is 8.95. The highest BCUT2D eigenvalue weighted by Crippen LogP contribution is 2.47. The molecule has 8 heteroatoms. The highest BCUT2D eigenvalue weighted by atomic mass is 16.5. The summed E-state index contributed by atoms with van der Waals surface area (Å²) in [7, 11) is 0. The van der Waals surface area contributed by atoms with Gasteiger partial charge < -0.3 is 18.9 Å². The summed E-state index contributed by atoms with van der Waals surface area (Å²) < 4.78 is 22.8. The van der Waals surface area contributed by atoms with Crippen molar-refractivity contribution >= 4 is 23.9 Å². The maximum Gasteiger partial charge on any atom is 0.335 e. The first-order valence-electron chi connectivity index (χ1n) is 17.3. The summed E-state index contributed by atoms with van der Waals surface area (Å²) in [6.45, 7) is 21.6. The van der Waals surface area contributed by atoms with E-state index in [1.54, 1.807) is 12.1 Å². The van der Waals surface area contributed by atoms with Gasteiger partial charge in [-0.2, -0.15) is 0 Å². The molecule has 0 N–H and O–H groups in total. The molecule has 0 saturated heterocycles. The zero-order chi connectivity index (χ0) is 39.8. The maximum absolute atomic E-state index is 12.9. The van der Waals surface area contributed by atoms with Gasteiger partial charge in [0.25, 0.3) is 0 Å². The topological polar surface area (TPSA) is 105 Å². The number of carbonyl (C=O) groups excluding carboxylic acids is 4. The molecular weight excluding hydrogens is 693 g/mol. The molecule has 276 valence electrons. The molecule has 0 spiro atoms. The number of carbonyl (C=O) groups is 4. The van der Waals surface area contributed by atoms with Gasteiger partial charge in [-0.05, 0) is 126 Å². The van der Waals surface area contributed by atoms with Crippen molar-refractivity contribution in [3.05, 3.63) is 181 Å². The summed E-state index contributed by atoms with van der Waals surface area (Å²) in [6, 6.07) is 28.2. The number of ether oxygens (including phenoxy) is 4. The van der Waals surface area contributed by atoms with E-state index in [2.05, 4.69) is 26.3 Å². The van der Waals surface area contributed by atoms with Crippen LogP contribution in [0.15, 0.2) is 142 Å². The van der Waals surface area contributed by atoms with Crippen molar-refractivity contribution in [2.24, 2.45) is 0 Å². The number of aryl methyl sites for hydroxylation is 4. The lowest BCUT2D eigenvalue weighted by Crippen LogP contribution is -2.14. The molecule has 8 nitrogen and oxygen atoms in total. The van der Waals surface area contributed by atoms with Crippen LogP contribution in [0.4, 0.5) is 0 Å². The van der Waals surface area contributed by atoms with E-state index < -0.39 is 29.8 Å². The fraction of sp³-hybridized carbons (Fsp3) is 0.106. The highest BCUT2D eigenvalue weighted by molar-refractivity contribution is 5.87. The fourth-order valence-electron chi connectivity index (χ4n) is 6.29. The van der Waals surface area contributed by atoms with E-state index >= 15 is 0 Å². The van der Waals surface area contributed by atoms with Crippen LogP contribution in [-0.2, 0) is 19.2 Å². The van der Waals surface area contributed by atoms with Crippen LogP contribution in [0.3, 0.4) is 0 Å².